The van der Waals surface area contributed by atoms with Gasteiger partial charge in [-0.15, -0.1) is 0 Å². The number of rotatable bonds is 6. The van der Waals surface area contributed by atoms with E-state index in [0.29, 0.717) is 6.61 Å². The fraction of sp³-hybridized carbons (Fsp3) is 0.250. The van der Waals surface area contributed by atoms with Gasteiger partial charge in [0.1, 0.15) is 0 Å². The third-order valence-electron chi connectivity index (χ3n) is 2.92. The fourth-order valence-electron chi connectivity index (χ4n) is 1.83. The topological polar surface area (TPSA) is 38.7 Å². The van der Waals surface area contributed by atoms with Crippen molar-refractivity contribution in [2.45, 2.75) is 13.0 Å². The molecule has 0 heterocycles. The normalized spacial score (nSPS) is 10.2. The van der Waals surface area contributed by atoms with Crippen LogP contribution in [0.5, 0.6) is 11.5 Å². The van der Waals surface area contributed by atoms with Crippen molar-refractivity contribution in [3.05, 3.63) is 59.7 Å². The Labute approximate surface area is 113 Å². The first kappa shape index (κ1) is 13.4. The molecule has 0 radical (unpaired) electrons. The SMILES string of the molecule is COc1ccccc1OCCc1ccc(CO)cc1. The summed E-state index contributed by atoms with van der Waals surface area (Å²) < 4.78 is 10.9. The van der Waals surface area contributed by atoms with Gasteiger partial charge in [0, 0.05) is 6.42 Å². The summed E-state index contributed by atoms with van der Waals surface area (Å²) in [7, 11) is 1.63. The first-order valence-electron chi connectivity index (χ1n) is 6.28. The van der Waals surface area contributed by atoms with Gasteiger partial charge in [0.2, 0.25) is 0 Å². The highest BCUT2D eigenvalue weighted by Gasteiger charge is 2.02. The van der Waals surface area contributed by atoms with Crippen molar-refractivity contribution in [3.8, 4) is 11.5 Å². The summed E-state index contributed by atoms with van der Waals surface area (Å²) in [6.45, 7) is 0.677. The van der Waals surface area contributed by atoms with Crippen LogP contribution in [0.1, 0.15) is 11.1 Å². The molecular formula is C16H18O3. The Hall–Kier alpha value is -2.00. The van der Waals surface area contributed by atoms with E-state index in [1.54, 1.807) is 7.11 Å². The standard InChI is InChI=1S/C16H18O3/c1-18-15-4-2-3-5-16(15)19-11-10-13-6-8-14(12-17)9-7-13/h2-9,17H,10-12H2,1H3. The Morgan fingerprint density at radius 1 is 0.895 bits per heavy atom. The number of ether oxygens (including phenoxy) is 2. The summed E-state index contributed by atoms with van der Waals surface area (Å²) in [5.74, 6) is 1.51. The van der Waals surface area contributed by atoms with Crippen molar-refractivity contribution in [1.29, 1.82) is 0 Å². The number of para-hydroxylation sites is 2. The second kappa shape index (κ2) is 6.81. The van der Waals surface area contributed by atoms with Gasteiger partial charge >= 0.3 is 0 Å². The molecule has 1 N–H and O–H groups in total. The molecule has 19 heavy (non-hydrogen) atoms. The molecular weight excluding hydrogens is 240 g/mol. The van der Waals surface area contributed by atoms with E-state index in [2.05, 4.69) is 0 Å². The molecule has 0 fully saturated rings. The summed E-state index contributed by atoms with van der Waals surface area (Å²) in [5.41, 5.74) is 2.11. The predicted molar refractivity (Wildman–Crippen MR) is 74.6 cm³/mol. The monoisotopic (exact) mass is 258 g/mol. The van der Waals surface area contributed by atoms with Crippen molar-refractivity contribution in [1.82, 2.24) is 0 Å². The third kappa shape index (κ3) is 3.73. The van der Waals surface area contributed by atoms with Gasteiger partial charge < -0.3 is 14.6 Å². The second-order valence-corrected chi connectivity index (χ2v) is 4.22. The summed E-state index contributed by atoms with van der Waals surface area (Å²) in [4.78, 5) is 0. The number of aliphatic hydroxyl groups excluding tert-OH is 1. The lowest BCUT2D eigenvalue weighted by molar-refractivity contribution is 0.281. The first-order chi connectivity index (χ1) is 9.33. The highest BCUT2D eigenvalue weighted by atomic mass is 16.5. The van der Waals surface area contributed by atoms with Crippen LogP contribution in [0.4, 0.5) is 0 Å². The molecule has 0 unspecified atom stereocenters. The number of hydrogen-bond acceptors (Lipinski definition) is 3. The van der Waals surface area contributed by atoms with Gasteiger partial charge in [-0.3, -0.25) is 0 Å². The Morgan fingerprint density at radius 2 is 1.53 bits per heavy atom. The van der Waals surface area contributed by atoms with E-state index in [1.807, 2.05) is 48.5 Å². The lowest BCUT2D eigenvalue weighted by Crippen LogP contribution is -2.02. The maximum absolute atomic E-state index is 8.97. The highest BCUT2D eigenvalue weighted by molar-refractivity contribution is 5.39. The average Bonchev–Trinajstić information content (AvgIpc) is 2.48. The van der Waals surface area contributed by atoms with Crippen molar-refractivity contribution in [3.63, 3.8) is 0 Å². The van der Waals surface area contributed by atoms with Gasteiger partial charge in [0.05, 0.1) is 20.3 Å². The van der Waals surface area contributed by atoms with Gasteiger partial charge in [-0.05, 0) is 23.3 Å². The quantitative estimate of drug-likeness (QED) is 0.866. The summed E-state index contributed by atoms with van der Waals surface area (Å²) >= 11 is 0. The minimum atomic E-state index is 0.0813. The molecule has 100 valence electrons. The van der Waals surface area contributed by atoms with Gasteiger partial charge in [0.25, 0.3) is 0 Å². The minimum Gasteiger partial charge on any atom is -0.493 e. The van der Waals surface area contributed by atoms with E-state index in [0.717, 1.165) is 23.5 Å². The third-order valence-corrected chi connectivity index (χ3v) is 2.92. The van der Waals surface area contributed by atoms with E-state index in [9.17, 15) is 0 Å². The first-order valence-corrected chi connectivity index (χ1v) is 6.28. The van der Waals surface area contributed by atoms with Crippen LogP contribution < -0.4 is 9.47 Å². The molecule has 2 aromatic rings. The molecule has 0 saturated carbocycles. The van der Waals surface area contributed by atoms with E-state index >= 15 is 0 Å². The Bertz CT molecular complexity index is 506. The summed E-state index contributed by atoms with van der Waals surface area (Å²) in [6, 6.07) is 15.5. The molecule has 3 nitrogen and oxygen atoms in total. The zero-order valence-electron chi connectivity index (χ0n) is 11.0. The summed E-state index contributed by atoms with van der Waals surface area (Å²) in [5, 5.41) is 8.97. The molecule has 0 aromatic heterocycles. The van der Waals surface area contributed by atoms with Gasteiger partial charge in [0.15, 0.2) is 11.5 Å². The van der Waals surface area contributed by atoms with Crippen LogP contribution >= 0.6 is 0 Å². The van der Waals surface area contributed by atoms with E-state index < -0.39 is 0 Å². The molecule has 2 aromatic carbocycles. The highest BCUT2D eigenvalue weighted by Crippen LogP contribution is 2.25. The van der Waals surface area contributed by atoms with Crippen molar-refractivity contribution >= 4 is 0 Å². The molecule has 0 bridgehead atoms. The van der Waals surface area contributed by atoms with Crippen LogP contribution in [-0.2, 0) is 13.0 Å². The van der Waals surface area contributed by atoms with E-state index in [1.165, 1.54) is 5.56 Å². The van der Waals surface area contributed by atoms with Crippen molar-refractivity contribution < 1.29 is 14.6 Å². The maximum atomic E-state index is 8.97. The molecule has 0 aliphatic rings. The lowest BCUT2D eigenvalue weighted by Gasteiger charge is -2.10. The van der Waals surface area contributed by atoms with E-state index in [-0.39, 0.29) is 6.61 Å². The molecule has 0 spiro atoms. The van der Waals surface area contributed by atoms with Crippen molar-refractivity contribution in [2.24, 2.45) is 0 Å². The molecule has 0 atom stereocenters. The molecule has 3 heteroatoms. The van der Waals surface area contributed by atoms with E-state index in [4.69, 9.17) is 14.6 Å². The molecule has 0 aliphatic heterocycles. The smallest absolute Gasteiger partial charge is 0.161 e. The predicted octanol–water partition coefficient (Wildman–Crippen LogP) is 2.81. The van der Waals surface area contributed by atoms with Crippen molar-refractivity contribution in [2.75, 3.05) is 13.7 Å². The fourth-order valence-corrected chi connectivity index (χ4v) is 1.83. The van der Waals surface area contributed by atoms with Crippen LogP contribution in [0.25, 0.3) is 0 Å². The lowest BCUT2D eigenvalue weighted by atomic mass is 10.1. The number of benzene rings is 2. The Kier molecular flexibility index (Phi) is 4.81. The summed E-state index contributed by atoms with van der Waals surface area (Å²) in [6.07, 6.45) is 0.823. The molecule has 0 saturated heterocycles. The molecule has 0 aliphatic carbocycles. The zero-order chi connectivity index (χ0) is 13.5. The zero-order valence-corrected chi connectivity index (χ0v) is 11.0. The minimum absolute atomic E-state index is 0.0813. The van der Waals surface area contributed by atoms with Crippen LogP contribution in [0, 0.1) is 0 Å². The molecule has 0 amide bonds. The Morgan fingerprint density at radius 3 is 2.16 bits per heavy atom. The van der Waals surface area contributed by atoms with Gasteiger partial charge in [-0.1, -0.05) is 36.4 Å². The van der Waals surface area contributed by atoms with Gasteiger partial charge in [-0.25, -0.2) is 0 Å². The largest absolute Gasteiger partial charge is 0.493 e. The Balaban J connectivity index is 1.88. The van der Waals surface area contributed by atoms with Crippen LogP contribution in [0.3, 0.4) is 0 Å². The average molecular weight is 258 g/mol. The van der Waals surface area contributed by atoms with Crippen LogP contribution in [0.15, 0.2) is 48.5 Å². The number of aliphatic hydroxyl groups is 1. The van der Waals surface area contributed by atoms with Crippen LogP contribution in [0.2, 0.25) is 0 Å². The molecule has 2 rings (SSSR count). The van der Waals surface area contributed by atoms with Crippen LogP contribution in [-0.4, -0.2) is 18.8 Å². The number of methoxy groups -OCH3 is 1. The van der Waals surface area contributed by atoms with Gasteiger partial charge in [-0.2, -0.15) is 0 Å². The maximum Gasteiger partial charge on any atom is 0.161 e. The second-order valence-electron chi connectivity index (χ2n) is 4.22. The number of hydrogen-bond donors (Lipinski definition) is 1.